The molecule has 1 atom stereocenters. The number of carboxylic acid groups (broad SMARTS) is 1. The van der Waals surface area contributed by atoms with Gasteiger partial charge in [-0.1, -0.05) is 17.7 Å². The number of carboxylic acids is 1. The van der Waals surface area contributed by atoms with Crippen LogP contribution in [0.3, 0.4) is 0 Å². The Bertz CT molecular complexity index is 587. The van der Waals surface area contributed by atoms with Crippen molar-refractivity contribution in [2.45, 2.75) is 38.6 Å². The van der Waals surface area contributed by atoms with Crippen molar-refractivity contribution in [2.24, 2.45) is 0 Å². The monoisotopic (exact) mass is 355 g/mol. The molecule has 1 aromatic rings. The Hall–Kier alpha value is -2.08. The average Bonchev–Trinajstić information content (AvgIpc) is 2.54. The van der Waals surface area contributed by atoms with E-state index < -0.39 is 23.4 Å². The molecule has 0 aliphatic heterocycles. The van der Waals surface area contributed by atoms with Crippen LogP contribution in [0.4, 0.5) is 0 Å². The molecule has 2 N–H and O–H groups in total. The highest BCUT2D eigenvalue weighted by molar-refractivity contribution is 6.17. The van der Waals surface area contributed by atoms with Gasteiger partial charge in [-0.3, -0.25) is 4.79 Å². The zero-order chi connectivity index (χ0) is 18.2. The van der Waals surface area contributed by atoms with Crippen LogP contribution in [0.1, 0.15) is 42.1 Å². The van der Waals surface area contributed by atoms with Gasteiger partial charge in [-0.25, -0.2) is 9.59 Å². The molecule has 7 heteroatoms. The van der Waals surface area contributed by atoms with Gasteiger partial charge in [0.25, 0.3) is 5.91 Å². The van der Waals surface area contributed by atoms with Crippen LogP contribution >= 0.6 is 11.6 Å². The first-order chi connectivity index (χ1) is 11.4. The maximum Gasteiger partial charge on any atom is 0.343 e. The van der Waals surface area contributed by atoms with E-state index in [1.807, 2.05) is 6.92 Å². The fourth-order valence-electron chi connectivity index (χ4n) is 2.17. The van der Waals surface area contributed by atoms with Crippen molar-refractivity contribution in [2.75, 3.05) is 12.5 Å². The third-order valence-corrected chi connectivity index (χ3v) is 3.83. The maximum atomic E-state index is 12.4. The number of hydrogen-bond acceptors (Lipinski definition) is 4. The average molecular weight is 356 g/mol. The molecular weight excluding hydrogens is 334 g/mol. The number of nitrogens with one attached hydrogen (secondary N) is 1. The van der Waals surface area contributed by atoms with E-state index in [4.69, 9.17) is 16.3 Å². The lowest BCUT2D eigenvalue weighted by Gasteiger charge is -2.28. The molecule has 1 amide bonds. The van der Waals surface area contributed by atoms with Gasteiger partial charge in [-0.2, -0.15) is 0 Å². The Morgan fingerprint density at radius 1 is 1.21 bits per heavy atom. The highest BCUT2D eigenvalue weighted by Crippen LogP contribution is 2.19. The fourth-order valence-corrected chi connectivity index (χ4v) is 2.36. The molecule has 0 saturated carbocycles. The van der Waals surface area contributed by atoms with Crippen LogP contribution in [0.25, 0.3) is 0 Å². The van der Waals surface area contributed by atoms with Crippen molar-refractivity contribution in [1.82, 2.24) is 5.32 Å². The van der Waals surface area contributed by atoms with Crippen LogP contribution < -0.4 is 5.32 Å². The van der Waals surface area contributed by atoms with Gasteiger partial charge in [0.1, 0.15) is 0 Å². The lowest BCUT2D eigenvalue weighted by atomic mass is 9.92. The number of benzene rings is 1. The molecule has 0 bridgehead atoms. The molecule has 0 fully saturated rings. The summed E-state index contributed by atoms with van der Waals surface area (Å²) in [4.78, 5) is 36.5. The summed E-state index contributed by atoms with van der Waals surface area (Å²) < 4.78 is 4.89. The number of carbonyl (C=O) groups is 3. The summed E-state index contributed by atoms with van der Waals surface area (Å²) in [6.45, 7) is 3.46. The number of ether oxygens (including phenoxy) is 1. The molecule has 0 radical (unpaired) electrons. The highest BCUT2D eigenvalue weighted by Gasteiger charge is 2.48. The standard InChI is InChI=1S/C17H22ClNO5/c1-3-24-16(23)17(15(21)22,10-4-5-11-18)19-14(20)13-8-6-12(2)7-9-13/h6-9H,3-5,10-11H2,1-2H3,(H,19,20)(H,21,22). The van der Waals surface area contributed by atoms with Gasteiger partial charge in [-0.15, -0.1) is 11.6 Å². The molecule has 0 aromatic heterocycles. The number of aliphatic carboxylic acids is 1. The quantitative estimate of drug-likeness (QED) is 0.307. The lowest BCUT2D eigenvalue weighted by molar-refractivity contribution is -0.162. The predicted molar refractivity (Wildman–Crippen MR) is 90.2 cm³/mol. The summed E-state index contributed by atoms with van der Waals surface area (Å²) >= 11 is 5.62. The van der Waals surface area contributed by atoms with Crippen molar-refractivity contribution < 1.29 is 24.2 Å². The van der Waals surface area contributed by atoms with Crippen molar-refractivity contribution in [3.8, 4) is 0 Å². The van der Waals surface area contributed by atoms with E-state index in [0.29, 0.717) is 18.7 Å². The van der Waals surface area contributed by atoms with E-state index in [1.165, 1.54) is 0 Å². The van der Waals surface area contributed by atoms with Gasteiger partial charge in [0.2, 0.25) is 5.54 Å². The molecule has 0 aliphatic carbocycles. The Labute approximate surface area is 146 Å². The molecule has 24 heavy (non-hydrogen) atoms. The molecule has 132 valence electrons. The summed E-state index contributed by atoms with van der Waals surface area (Å²) in [5.41, 5.74) is -0.888. The number of aryl methyl sites for hydroxylation is 1. The van der Waals surface area contributed by atoms with E-state index in [2.05, 4.69) is 5.32 Å². The van der Waals surface area contributed by atoms with E-state index >= 15 is 0 Å². The molecule has 1 aromatic carbocycles. The number of alkyl halides is 1. The van der Waals surface area contributed by atoms with E-state index in [-0.39, 0.29) is 18.6 Å². The predicted octanol–water partition coefficient (Wildman–Crippen LogP) is 2.52. The minimum atomic E-state index is -2.12. The van der Waals surface area contributed by atoms with Gasteiger partial charge < -0.3 is 15.2 Å². The second kappa shape index (κ2) is 9.27. The Kier molecular flexibility index (Phi) is 7.71. The summed E-state index contributed by atoms with van der Waals surface area (Å²) in [7, 11) is 0. The molecule has 0 heterocycles. The number of hydrogen-bond donors (Lipinski definition) is 2. The minimum Gasteiger partial charge on any atom is -0.479 e. The van der Waals surface area contributed by atoms with E-state index in [0.717, 1.165) is 5.56 Å². The summed E-state index contributed by atoms with van der Waals surface area (Å²) in [5.74, 6) is -2.73. The number of amides is 1. The second-order valence-corrected chi connectivity index (χ2v) is 5.78. The van der Waals surface area contributed by atoms with Crippen molar-refractivity contribution in [1.29, 1.82) is 0 Å². The Morgan fingerprint density at radius 2 is 1.83 bits per heavy atom. The topological polar surface area (TPSA) is 92.7 Å². The van der Waals surface area contributed by atoms with Crippen molar-refractivity contribution >= 4 is 29.4 Å². The van der Waals surface area contributed by atoms with Crippen LogP contribution in [0.15, 0.2) is 24.3 Å². The van der Waals surface area contributed by atoms with Crippen molar-refractivity contribution in [3.63, 3.8) is 0 Å². The summed E-state index contributed by atoms with van der Waals surface area (Å²) in [6, 6.07) is 6.60. The largest absolute Gasteiger partial charge is 0.479 e. The van der Waals surface area contributed by atoms with Gasteiger partial charge >= 0.3 is 11.9 Å². The van der Waals surface area contributed by atoms with E-state index in [1.54, 1.807) is 31.2 Å². The van der Waals surface area contributed by atoms with E-state index in [9.17, 15) is 19.5 Å². The number of halogens is 1. The first kappa shape index (κ1) is 20.0. The highest BCUT2D eigenvalue weighted by atomic mass is 35.5. The van der Waals surface area contributed by atoms with Crippen LogP contribution in [0.5, 0.6) is 0 Å². The second-order valence-electron chi connectivity index (χ2n) is 5.40. The lowest BCUT2D eigenvalue weighted by Crippen LogP contribution is -2.60. The molecule has 6 nitrogen and oxygen atoms in total. The first-order valence-corrected chi connectivity index (χ1v) is 8.26. The normalized spacial score (nSPS) is 13.0. The molecule has 0 aliphatic rings. The van der Waals surface area contributed by atoms with Crippen molar-refractivity contribution in [3.05, 3.63) is 35.4 Å². The number of esters is 1. The van der Waals surface area contributed by atoms with Crippen LogP contribution in [0, 0.1) is 6.92 Å². The van der Waals surface area contributed by atoms with Crippen LogP contribution in [0.2, 0.25) is 0 Å². The van der Waals surface area contributed by atoms with Crippen LogP contribution in [-0.4, -0.2) is 41.0 Å². The zero-order valence-corrected chi connectivity index (χ0v) is 14.6. The number of unbranched alkanes of at least 4 members (excludes halogenated alkanes) is 1. The van der Waals surface area contributed by atoms with Gasteiger partial charge in [0.15, 0.2) is 0 Å². The van der Waals surface area contributed by atoms with Crippen LogP contribution in [-0.2, 0) is 14.3 Å². The molecule has 1 unspecified atom stereocenters. The van der Waals surface area contributed by atoms with Gasteiger partial charge in [0, 0.05) is 11.4 Å². The number of carbonyl (C=O) groups excluding carboxylic acids is 2. The van der Waals surface area contributed by atoms with Gasteiger partial charge in [-0.05, 0) is 45.2 Å². The zero-order valence-electron chi connectivity index (χ0n) is 13.8. The fraction of sp³-hybridized carbons (Fsp3) is 0.471. The molecule has 0 spiro atoms. The smallest absolute Gasteiger partial charge is 0.343 e. The third kappa shape index (κ3) is 4.96. The molecule has 1 rings (SSSR count). The Morgan fingerprint density at radius 3 is 2.33 bits per heavy atom. The number of rotatable bonds is 9. The Balaban J connectivity index is 3.09. The minimum absolute atomic E-state index is 0.0176. The first-order valence-electron chi connectivity index (χ1n) is 7.73. The molecule has 0 saturated heterocycles. The maximum absolute atomic E-state index is 12.4. The molecular formula is C17H22ClNO5. The summed E-state index contributed by atoms with van der Waals surface area (Å²) in [6.07, 6.45) is 0.796. The SMILES string of the molecule is CCOC(=O)C(CCCCCl)(NC(=O)c1ccc(C)cc1)C(=O)O. The third-order valence-electron chi connectivity index (χ3n) is 3.57. The van der Waals surface area contributed by atoms with Gasteiger partial charge in [0.05, 0.1) is 6.61 Å². The summed E-state index contributed by atoms with van der Waals surface area (Å²) in [5, 5.41) is 12.0.